The monoisotopic (exact) mass is 153 g/mol. The molecule has 0 spiro atoms. The molecular weight excluding hydrogens is 141 g/mol. The van der Waals surface area contributed by atoms with Crippen LogP contribution >= 0.6 is 0 Å². The molecule has 0 aromatic heterocycles. The number of carbonyl (C=O) groups excluding carboxylic acids is 1. The van der Waals surface area contributed by atoms with Crippen molar-refractivity contribution in [2.45, 2.75) is 26.3 Å². The van der Waals surface area contributed by atoms with Gasteiger partial charge in [-0.1, -0.05) is 20.3 Å². The Morgan fingerprint density at radius 3 is 2.20 bits per heavy atom. The van der Waals surface area contributed by atoms with E-state index in [0.717, 1.165) is 6.42 Å². The van der Waals surface area contributed by atoms with Crippen molar-refractivity contribution in [1.29, 1.82) is 0 Å². The van der Waals surface area contributed by atoms with E-state index in [1.807, 2.05) is 6.92 Å². The summed E-state index contributed by atoms with van der Waals surface area (Å²) in [6.07, 6.45) is 0.773. The molecule has 0 aromatic rings. The Balaban J connectivity index is 0. The van der Waals surface area contributed by atoms with Gasteiger partial charge < -0.3 is 15.6 Å². The molecule has 2 atom stereocenters. The average Bonchev–Trinajstić information content (AvgIpc) is 1.84. The Morgan fingerprint density at radius 2 is 2.10 bits per heavy atom. The molecule has 0 radical (unpaired) electrons. The number of carboxylic acid groups (broad SMARTS) is 1. The summed E-state index contributed by atoms with van der Waals surface area (Å²) in [7, 11) is 0. The van der Waals surface area contributed by atoms with Crippen molar-refractivity contribution < 1.29 is 39.5 Å². The van der Waals surface area contributed by atoms with Gasteiger partial charge in [-0.3, -0.25) is 0 Å². The fourth-order valence-corrected chi connectivity index (χ4v) is 0.486. The standard InChI is InChI=1S/C6H13NO2.Na/c1-3-4(2)5(7)6(8)9;/h4-5H,3,7H2,1-2H3,(H,8,9);/q;+1/p-1. The first kappa shape index (κ1) is 13.1. The molecule has 2 N–H and O–H groups in total. The summed E-state index contributed by atoms with van der Waals surface area (Å²) in [6, 6.07) is -0.810. The van der Waals surface area contributed by atoms with E-state index in [0.29, 0.717) is 0 Å². The molecule has 0 aliphatic heterocycles. The number of aliphatic carboxylic acids is 1. The summed E-state index contributed by atoms with van der Waals surface area (Å²) in [6.45, 7) is 3.69. The van der Waals surface area contributed by atoms with Crippen LogP contribution in [0.15, 0.2) is 0 Å². The van der Waals surface area contributed by atoms with Crippen LogP contribution in [0.5, 0.6) is 0 Å². The number of nitrogens with two attached hydrogens (primary N) is 1. The van der Waals surface area contributed by atoms with Crippen LogP contribution in [0.1, 0.15) is 20.3 Å². The zero-order chi connectivity index (χ0) is 7.44. The van der Waals surface area contributed by atoms with Gasteiger partial charge in [0.1, 0.15) is 0 Å². The Labute approximate surface area is 83.3 Å². The van der Waals surface area contributed by atoms with E-state index in [9.17, 15) is 9.90 Å². The second-order valence-corrected chi connectivity index (χ2v) is 2.23. The fraction of sp³-hybridized carbons (Fsp3) is 0.833. The number of hydrogen-bond donors (Lipinski definition) is 1. The van der Waals surface area contributed by atoms with Crippen molar-refractivity contribution in [2.75, 3.05) is 0 Å². The molecule has 2 unspecified atom stereocenters. The Hall–Kier alpha value is 0.430. The molecule has 54 valence electrons. The maximum Gasteiger partial charge on any atom is 1.00 e. The van der Waals surface area contributed by atoms with Crippen LogP contribution in [-0.2, 0) is 4.79 Å². The van der Waals surface area contributed by atoms with E-state index in [1.54, 1.807) is 6.92 Å². The molecule has 0 fully saturated rings. The minimum atomic E-state index is -1.16. The number of carboxylic acids is 1. The molecule has 3 nitrogen and oxygen atoms in total. The summed E-state index contributed by atoms with van der Waals surface area (Å²) in [5.41, 5.74) is 5.21. The Kier molecular flexibility index (Phi) is 8.04. The van der Waals surface area contributed by atoms with Gasteiger partial charge in [0.15, 0.2) is 0 Å². The first-order chi connectivity index (χ1) is 4.09. The van der Waals surface area contributed by atoms with Gasteiger partial charge in [-0.25, -0.2) is 0 Å². The minimum absolute atomic E-state index is 0. The van der Waals surface area contributed by atoms with Crippen molar-refractivity contribution in [3.05, 3.63) is 0 Å². The second-order valence-electron chi connectivity index (χ2n) is 2.23. The molecule has 0 amide bonds. The smallest absolute Gasteiger partial charge is 0.548 e. The zero-order valence-electron chi connectivity index (χ0n) is 6.76. The van der Waals surface area contributed by atoms with E-state index in [1.165, 1.54) is 0 Å². The first-order valence-electron chi connectivity index (χ1n) is 3.06. The van der Waals surface area contributed by atoms with Gasteiger partial charge in [-0.05, 0) is 5.92 Å². The summed E-state index contributed by atoms with van der Waals surface area (Å²) < 4.78 is 0. The van der Waals surface area contributed by atoms with Crippen molar-refractivity contribution >= 4 is 5.97 Å². The van der Waals surface area contributed by atoms with Crippen LogP contribution in [0.25, 0.3) is 0 Å². The third-order valence-electron chi connectivity index (χ3n) is 1.53. The molecule has 0 aromatic carbocycles. The maximum absolute atomic E-state index is 10.1. The summed E-state index contributed by atoms with van der Waals surface area (Å²) in [4.78, 5) is 10.1. The van der Waals surface area contributed by atoms with E-state index in [2.05, 4.69) is 0 Å². The normalized spacial score (nSPS) is 15.1. The van der Waals surface area contributed by atoms with Crippen molar-refractivity contribution in [1.82, 2.24) is 0 Å². The predicted octanol–water partition coefficient (Wildman–Crippen LogP) is -3.89. The van der Waals surface area contributed by atoms with Crippen LogP contribution in [0.2, 0.25) is 0 Å². The molecular formula is C6H12NNaO2. The maximum atomic E-state index is 10.1. The first-order valence-corrected chi connectivity index (χ1v) is 3.06. The van der Waals surface area contributed by atoms with E-state index < -0.39 is 12.0 Å². The largest absolute Gasteiger partial charge is 1.00 e. The Morgan fingerprint density at radius 1 is 1.70 bits per heavy atom. The molecule has 0 saturated heterocycles. The van der Waals surface area contributed by atoms with Crippen LogP contribution in [0.4, 0.5) is 0 Å². The molecule has 0 rings (SSSR count). The SMILES string of the molecule is CCC(C)C(N)C(=O)[O-].[Na+]. The van der Waals surface area contributed by atoms with E-state index >= 15 is 0 Å². The van der Waals surface area contributed by atoms with Crippen LogP contribution in [-0.4, -0.2) is 12.0 Å². The molecule has 0 aliphatic carbocycles. The third kappa shape index (κ3) is 4.28. The number of carbonyl (C=O) groups is 1. The summed E-state index contributed by atoms with van der Waals surface area (Å²) in [5, 5.41) is 10.1. The second kappa shape index (κ2) is 6.16. The van der Waals surface area contributed by atoms with Crippen molar-refractivity contribution in [3.63, 3.8) is 0 Å². The van der Waals surface area contributed by atoms with Gasteiger partial charge in [0.2, 0.25) is 0 Å². The summed E-state index contributed by atoms with van der Waals surface area (Å²) >= 11 is 0. The molecule has 4 heteroatoms. The van der Waals surface area contributed by atoms with E-state index in [4.69, 9.17) is 5.73 Å². The molecule has 0 saturated carbocycles. The van der Waals surface area contributed by atoms with Crippen LogP contribution in [0, 0.1) is 5.92 Å². The summed E-state index contributed by atoms with van der Waals surface area (Å²) in [5.74, 6) is -1.15. The topological polar surface area (TPSA) is 66.2 Å². The van der Waals surface area contributed by atoms with Gasteiger partial charge in [-0.2, -0.15) is 0 Å². The minimum Gasteiger partial charge on any atom is -0.548 e. The van der Waals surface area contributed by atoms with Crippen LogP contribution < -0.4 is 40.4 Å². The average molecular weight is 153 g/mol. The van der Waals surface area contributed by atoms with Gasteiger partial charge >= 0.3 is 29.6 Å². The predicted molar refractivity (Wildman–Crippen MR) is 32.4 cm³/mol. The fourth-order valence-electron chi connectivity index (χ4n) is 0.486. The number of hydrogen-bond acceptors (Lipinski definition) is 3. The zero-order valence-corrected chi connectivity index (χ0v) is 8.76. The van der Waals surface area contributed by atoms with Gasteiger partial charge in [-0.15, -0.1) is 0 Å². The molecule has 0 bridgehead atoms. The van der Waals surface area contributed by atoms with E-state index in [-0.39, 0.29) is 35.5 Å². The van der Waals surface area contributed by atoms with Crippen molar-refractivity contribution in [2.24, 2.45) is 11.7 Å². The van der Waals surface area contributed by atoms with Gasteiger partial charge in [0.05, 0.1) is 5.97 Å². The quantitative estimate of drug-likeness (QED) is 0.422. The third-order valence-corrected chi connectivity index (χ3v) is 1.53. The Bertz CT molecular complexity index is 108. The van der Waals surface area contributed by atoms with Gasteiger partial charge in [0, 0.05) is 6.04 Å². The molecule has 0 aliphatic rings. The molecule has 0 heterocycles. The van der Waals surface area contributed by atoms with Crippen LogP contribution in [0.3, 0.4) is 0 Å². The van der Waals surface area contributed by atoms with Gasteiger partial charge in [0.25, 0.3) is 0 Å². The van der Waals surface area contributed by atoms with Crippen molar-refractivity contribution in [3.8, 4) is 0 Å². The molecule has 10 heavy (non-hydrogen) atoms. The number of rotatable bonds is 3.